The summed E-state index contributed by atoms with van der Waals surface area (Å²) in [5.74, 6) is 0.201. The van der Waals surface area contributed by atoms with Crippen LogP contribution in [0.5, 0.6) is 0 Å². The van der Waals surface area contributed by atoms with Crippen LogP contribution in [-0.2, 0) is 4.79 Å². The Labute approximate surface area is 95.5 Å². The van der Waals surface area contributed by atoms with Gasteiger partial charge in [0, 0.05) is 6.42 Å². The summed E-state index contributed by atoms with van der Waals surface area (Å²) >= 11 is 0. The molecule has 0 aromatic heterocycles. The second-order valence-electron chi connectivity index (χ2n) is 4.05. The van der Waals surface area contributed by atoms with Crippen molar-refractivity contribution in [2.45, 2.75) is 26.2 Å². The van der Waals surface area contributed by atoms with Gasteiger partial charge >= 0.3 is 0 Å². The first-order chi connectivity index (χ1) is 7.77. The van der Waals surface area contributed by atoms with E-state index in [-0.39, 0.29) is 5.78 Å². The van der Waals surface area contributed by atoms with Gasteiger partial charge < -0.3 is 5.43 Å². The number of Topliss-reactive ketones (excluding diaryl/α,β-unsaturated/α-hetero) is 1. The molecule has 0 bridgehead atoms. The first-order valence-corrected chi connectivity index (χ1v) is 5.57. The number of para-hydroxylation sites is 1. The molecule has 1 aliphatic carbocycles. The van der Waals surface area contributed by atoms with Crippen molar-refractivity contribution < 1.29 is 4.79 Å². The zero-order valence-electron chi connectivity index (χ0n) is 9.42. The first-order valence-electron chi connectivity index (χ1n) is 5.57. The number of hydrazine groups is 1. The highest BCUT2D eigenvalue weighted by molar-refractivity contribution is 5.96. The van der Waals surface area contributed by atoms with Crippen LogP contribution in [0.4, 0.5) is 5.69 Å². The number of nitrogens with one attached hydrogen (secondary N) is 2. The lowest BCUT2D eigenvalue weighted by Gasteiger charge is -2.19. The average Bonchev–Trinajstić information content (AvgIpc) is 2.30. The van der Waals surface area contributed by atoms with Gasteiger partial charge in [-0.2, -0.15) is 0 Å². The molecule has 1 aliphatic rings. The van der Waals surface area contributed by atoms with Crippen LogP contribution in [0.1, 0.15) is 26.2 Å². The number of carbonyl (C=O) groups is 1. The Balaban J connectivity index is 2.02. The summed E-state index contributed by atoms with van der Waals surface area (Å²) in [5.41, 5.74) is 8.89. The van der Waals surface area contributed by atoms with E-state index in [1.165, 1.54) is 0 Å². The predicted octanol–water partition coefficient (Wildman–Crippen LogP) is 2.63. The van der Waals surface area contributed by atoms with Crippen molar-refractivity contribution >= 4 is 11.5 Å². The van der Waals surface area contributed by atoms with Crippen molar-refractivity contribution in [3.63, 3.8) is 0 Å². The Kier molecular flexibility index (Phi) is 3.25. The van der Waals surface area contributed by atoms with E-state index >= 15 is 0 Å². The highest BCUT2D eigenvalue weighted by Gasteiger charge is 2.17. The number of benzene rings is 1. The van der Waals surface area contributed by atoms with Crippen molar-refractivity contribution in [1.29, 1.82) is 0 Å². The summed E-state index contributed by atoms with van der Waals surface area (Å²) in [5, 5.41) is 0. The van der Waals surface area contributed by atoms with Crippen molar-refractivity contribution in [2.75, 3.05) is 5.43 Å². The molecule has 0 saturated carbocycles. The Hall–Kier alpha value is -1.77. The third-order valence-corrected chi connectivity index (χ3v) is 2.77. The number of hydrogen-bond acceptors (Lipinski definition) is 3. The summed E-state index contributed by atoms with van der Waals surface area (Å²) in [4.78, 5) is 11.7. The summed E-state index contributed by atoms with van der Waals surface area (Å²) in [7, 11) is 0. The molecule has 2 rings (SSSR count). The number of rotatable bonds is 3. The molecule has 1 aromatic rings. The van der Waals surface area contributed by atoms with Gasteiger partial charge in [0.05, 0.1) is 11.4 Å². The van der Waals surface area contributed by atoms with Crippen LogP contribution in [0.2, 0.25) is 0 Å². The van der Waals surface area contributed by atoms with E-state index in [2.05, 4.69) is 10.9 Å². The van der Waals surface area contributed by atoms with Gasteiger partial charge in [0.15, 0.2) is 5.78 Å². The largest absolute Gasteiger partial charge is 0.301 e. The molecular weight excluding hydrogens is 200 g/mol. The fourth-order valence-electron chi connectivity index (χ4n) is 1.83. The van der Waals surface area contributed by atoms with Crippen LogP contribution >= 0.6 is 0 Å². The maximum atomic E-state index is 11.7. The fourth-order valence-corrected chi connectivity index (χ4v) is 1.83. The van der Waals surface area contributed by atoms with Gasteiger partial charge in [-0.3, -0.25) is 10.2 Å². The van der Waals surface area contributed by atoms with Crippen LogP contribution in [0.3, 0.4) is 0 Å². The monoisotopic (exact) mass is 216 g/mol. The fraction of sp³-hybridized carbons (Fsp3) is 0.308. The molecule has 0 fully saturated rings. The Bertz CT molecular complexity index is 409. The second-order valence-corrected chi connectivity index (χ2v) is 4.05. The molecule has 2 N–H and O–H groups in total. The van der Waals surface area contributed by atoms with Crippen LogP contribution < -0.4 is 10.9 Å². The molecule has 3 nitrogen and oxygen atoms in total. The van der Waals surface area contributed by atoms with E-state index in [1.807, 2.05) is 37.3 Å². The molecule has 0 spiro atoms. The lowest BCUT2D eigenvalue weighted by molar-refractivity contribution is -0.116. The SMILES string of the molecule is CC1=C(NNc2ccccc2)C(=O)CCC1. The molecule has 1 aromatic carbocycles. The lowest BCUT2D eigenvalue weighted by Crippen LogP contribution is -2.29. The molecule has 0 heterocycles. The van der Waals surface area contributed by atoms with Crippen LogP contribution in [0, 0.1) is 0 Å². The normalized spacial score (nSPS) is 16.2. The predicted molar refractivity (Wildman–Crippen MR) is 64.8 cm³/mol. The van der Waals surface area contributed by atoms with Gasteiger partial charge in [-0.15, -0.1) is 0 Å². The van der Waals surface area contributed by atoms with E-state index in [4.69, 9.17) is 0 Å². The summed E-state index contributed by atoms with van der Waals surface area (Å²) in [6, 6.07) is 9.77. The van der Waals surface area contributed by atoms with Gasteiger partial charge in [-0.25, -0.2) is 0 Å². The highest BCUT2D eigenvalue weighted by atomic mass is 16.1. The standard InChI is InChI=1S/C13H16N2O/c1-10-6-5-9-12(16)13(10)15-14-11-7-3-2-4-8-11/h2-4,7-8,14-15H,5-6,9H2,1H3. The van der Waals surface area contributed by atoms with E-state index in [9.17, 15) is 4.79 Å². The van der Waals surface area contributed by atoms with Crippen molar-refractivity contribution in [3.8, 4) is 0 Å². The molecule has 0 atom stereocenters. The molecule has 0 aliphatic heterocycles. The minimum atomic E-state index is 0.201. The summed E-state index contributed by atoms with van der Waals surface area (Å²) in [6.45, 7) is 2.01. The Morgan fingerprint density at radius 3 is 2.50 bits per heavy atom. The lowest BCUT2D eigenvalue weighted by atomic mass is 9.97. The Morgan fingerprint density at radius 1 is 1.06 bits per heavy atom. The zero-order valence-corrected chi connectivity index (χ0v) is 9.42. The van der Waals surface area contributed by atoms with E-state index in [0.717, 1.165) is 29.8 Å². The van der Waals surface area contributed by atoms with Crippen LogP contribution in [0.25, 0.3) is 0 Å². The third kappa shape index (κ3) is 2.42. The molecule has 0 saturated heterocycles. The third-order valence-electron chi connectivity index (χ3n) is 2.77. The minimum Gasteiger partial charge on any atom is -0.301 e. The maximum absolute atomic E-state index is 11.7. The maximum Gasteiger partial charge on any atom is 0.180 e. The van der Waals surface area contributed by atoms with E-state index in [1.54, 1.807) is 0 Å². The van der Waals surface area contributed by atoms with Crippen LogP contribution in [-0.4, -0.2) is 5.78 Å². The van der Waals surface area contributed by atoms with Crippen LogP contribution in [0.15, 0.2) is 41.6 Å². The van der Waals surface area contributed by atoms with E-state index in [0.29, 0.717) is 6.42 Å². The van der Waals surface area contributed by atoms with E-state index < -0.39 is 0 Å². The quantitative estimate of drug-likeness (QED) is 0.763. The van der Waals surface area contributed by atoms with Gasteiger partial charge in [-0.1, -0.05) is 18.2 Å². The Morgan fingerprint density at radius 2 is 1.81 bits per heavy atom. The number of ketones is 1. The summed E-state index contributed by atoms with van der Waals surface area (Å²) in [6.07, 6.45) is 2.63. The minimum absolute atomic E-state index is 0.201. The summed E-state index contributed by atoms with van der Waals surface area (Å²) < 4.78 is 0. The van der Waals surface area contributed by atoms with Gasteiger partial charge in [0.1, 0.15) is 0 Å². The van der Waals surface area contributed by atoms with Crippen molar-refractivity contribution in [3.05, 3.63) is 41.6 Å². The van der Waals surface area contributed by atoms with Crippen molar-refractivity contribution in [1.82, 2.24) is 5.43 Å². The average molecular weight is 216 g/mol. The molecule has 84 valence electrons. The highest BCUT2D eigenvalue weighted by Crippen LogP contribution is 2.19. The topological polar surface area (TPSA) is 41.1 Å². The van der Waals surface area contributed by atoms with Gasteiger partial charge in [-0.05, 0) is 37.5 Å². The molecule has 16 heavy (non-hydrogen) atoms. The number of allylic oxidation sites excluding steroid dienone is 2. The molecule has 0 amide bonds. The number of hydrogen-bond donors (Lipinski definition) is 2. The molecule has 3 heteroatoms. The van der Waals surface area contributed by atoms with Gasteiger partial charge in [0.2, 0.25) is 0 Å². The molecule has 0 unspecified atom stereocenters. The van der Waals surface area contributed by atoms with Crippen molar-refractivity contribution in [2.24, 2.45) is 0 Å². The molecular formula is C13H16N2O. The number of carbonyl (C=O) groups excluding carboxylic acids is 1. The smallest absolute Gasteiger partial charge is 0.180 e. The second kappa shape index (κ2) is 4.84. The number of anilines is 1. The van der Waals surface area contributed by atoms with Gasteiger partial charge in [0.25, 0.3) is 0 Å². The zero-order chi connectivity index (χ0) is 11.4. The first kappa shape index (κ1) is 10.7. The molecule has 0 radical (unpaired) electrons.